The van der Waals surface area contributed by atoms with Crippen molar-refractivity contribution in [3.05, 3.63) is 47.3 Å². The largest absolute Gasteiger partial charge is 0.496 e. The number of rotatable bonds is 6. The maximum absolute atomic E-state index is 12.8. The van der Waals surface area contributed by atoms with Gasteiger partial charge in [-0.05, 0) is 19.1 Å². The fourth-order valence-electron chi connectivity index (χ4n) is 2.97. The van der Waals surface area contributed by atoms with Gasteiger partial charge in [0.25, 0.3) is 5.91 Å². The molecule has 0 unspecified atom stereocenters. The number of aromatic nitrogens is 2. The lowest BCUT2D eigenvalue weighted by Crippen LogP contribution is -2.48. The number of hydrogen-bond donors (Lipinski definition) is 1. The van der Waals surface area contributed by atoms with Crippen molar-refractivity contribution in [3.63, 3.8) is 0 Å². The lowest BCUT2D eigenvalue weighted by atomic mass is 10.2. The van der Waals surface area contributed by atoms with Crippen molar-refractivity contribution in [2.75, 3.05) is 38.6 Å². The number of nitrogens with one attached hydrogen (secondary N) is 1. The van der Waals surface area contributed by atoms with Gasteiger partial charge >= 0.3 is 0 Å². The number of hydrogen-bond acceptors (Lipinski definition) is 6. The zero-order valence-electron chi connectivity index (χ0n) is 15.5. The number of nitrogens with zero attached hydrogens (tertiary/aromatic N) is 4. The van der Waals surface area contributed by atoms with E-state index < -0.39 is 0 Å². The number of aryl methyl sites for hydroxylation is 1. The van der Waals surface area contributed by atoms with Gasteiger partial charge in [0.1, 0.15) is 11.4 Å². The third-order valence-corrected chi connectivity index (χ3v) is 4.45. The van der Waals surface area contributed by atoms with E-state index in [0.29, 0.717) is 50.1 Å². The second-order valence-corrected chi connectivity index (χ2v) is 6.32. The van der Waals surface area contributed by atoms with Crippen molar-refractivity contribution < 1.29 is 14.3 Å². The summed E-state index contributed by atoms with van der Waals surface area (Å²) in [5.74, 6) is 1.03. The van der Waals surface area contributed by atoms with Gasteiger partial charge < -0.3 is 19.9 Å². The molecule has 1 fully saturated rings. The average molecular weight is 369 g/mol. The topological polar surface area (TPSA) is 87.7 Å². The molecule has 1 aliphatic heterocycles. The first-order valence-electron chi connectivity index (χ1n) is 8.81. The number of carbonyl (C=O) groups excluding carboxylic acids is 2. The van der Waals surface area contributed by atoms with Crippen LogP contribution >= 0.6 is 0 Å². The molecule has 1 aromatic heterocycles. The maximum Gasteiger partial charge on any atom is 0.272 e. The number of amides is 2. The van der Waals surface area contributed by atoms with E-state index in [2.05, 4.69) is 15.3 Å². The predicted molar refractivity (Wildman–Crippen MR) is 101 cm³/mol. The Morgan fingerprint density at radius 3 is 2.67 bits per heavy atom. The Balaban J connectivity index is 1.70. The van der Waals surface area contributed by atoms with Crippen LogP contribution in [0.2, 0.25) is 0 Å². The van der Waals surface area contributed by atoms with E-state index in [9.17, 15) is 9.59 Å². The van der Waals surface area contributed by atoms with Gasteiger partial charge in [-0.15, -0.1) is 0 Å². The van der Waals surface area contributed by atoms with Gasteiger partial charge in [-0.2, -0.15) is 0 Å². The molecular weight excluding hydrogens is 346 g/mol. The van der Waals surface area contributed by atoms with Crippen LogP contribution in [0.4, 0.5) is 5.95 Å². The summed E-state index contributed by atoms with van der Waals surface area (Å²) in [6.07, 6.45) is 0.816. The maximum atomic E-state index is 12.8. The minimum atomic E-state index is -0.147. The van der Waals surface area contributed by atoms with Gasteiger partial charge in [-0.25, -0.2) is 9.97 Å². The van der Waals surface area contributed by atoms with Crippen LogP contribution in [0, 0.1) is 6.92 Å². The Labute approximate surface area is 158 Å². The van der Waals surface area contributed by atoms with Crippen molar-refractivity contribution in [2.45, 2.75) is 13.5 Å². The Kier molecular flexibility index (Phi) is 5.85. The summed E-state index contributed by atoms with van der Waals surface area (Å²) in [5, 5.41) is 3.16. The van der Waals surface area contributed by atoms with E-state index in [1.807, 2.05) is 31.2 Å². The molecule has 27 heavy (non-hydrogen) atoms. The van der Waals surface area contributed by atoms with Crippen molar-refractivity contribution >= 4 is 18.3 Å². The Hall–Kier alpha value is -3.16. The fraction of sp³-hybridized carbons (Fsp3) is 0.368. The smallest absolute Gasteiger partial charge is 0.272 e. The highest BCUT2D eigenvalue weighted by atomic mass is 16.5. The molecule has 1 N–H and O–H groups in total. The Morgan fingerprint density at radius 1 is 1.22 bits per heavy atom. The summed E-state index contributed by atoms with van der Waals surface area (Å²) in [4.78, 5) is 35.7. The predicted octanol–water partition coefficient (Wildman–Crippen LogP) is 1.32. The van der Waals surface area contributed by atoms with Crippen molar-refractivity contribution in [1.29, 1.82) is 0 Å². The standard InChI is InChI=1S/C19H23N5O3/c1-14-11-16(18(26)24-9-7-23(13-25)8-10-24)22-19(21-14)20-12-15-5-3-4-6-17(15)27-2/h3-6,11,13H,7-10,12H2,1-2H3,(H,20,21,22). The zero-order valence-corrected chi connectivity index (χ0v) is 15.5. The van der Waals surface area contributed by atoms with Crippen LogP contribution in [0.5, 0.6) is 5.75 Å². The zero-order chi connectivity index (χ0) is 19.2. The highest BCUT2D eigenvalue weighted by molar-refractivity contribution is 5.92. The molecule has 1 saturated heterocycles. The van der Waals surface area contributed by atoms with E-state index in [1.54, 1.807) is 23.0 Å². The summed E-state index contributed by atoms with van der Waals surface area (Å²) >= 11 is 0. The van der Waals surface area contributed by atoms with E-state index >= 15 is 0 Å². The van der Waals surface area contributed by atoms with E-state index in [-0.39, 0.29) is 5.91 Å². The van der Waals surface area contributed by atoms with Gasteiger partial charge in [0.05, 0.1) is 7.11 Å². The molecule has 0 radical (unpaired) electrons. The van der Waals surface area contributed by atoms with Crippen molar-refractivity contribution in [1.82, 2.24) is 19.8 Å². The van der Waals surface area contributed by atoms with Crippen LogP contribution in [0.15, 0.2) is 30.3 Å². The first kappa shape index (κ1) is 18.6. The lowest BCUT2D eigenvalue weighted by molar-refractivity contribution is -0.119. The number of anilines is 1. The quantitative estimate of drug-likeness (QED) is 0.773. The lowest BCUT2D eigenvalue weighted by Gasteiger charge is -2.32. The molecule has 0 spiro atoms. The van der Waals surface area contributed by atoms with Gasteiger partial charge in [-0.1, -0.05) is 18.2 Å². The third kappa shape index (κ3) is 4.52. The normalized spacial score (nSPS) is 14.0. The second-order valence-electron chi connectivity index (χ2n) is 6.32. The molecule has 1 aliphatic rings. The van der Waals surface area contributed by atoms with Crippen LogP contribution < -0.4 is 10.1 Å². The van der Waals surface area contributed by atoms with Crippen LogP contribution in [0.25, 0.3) is 0 Å². The molecule has 8 heteroatoms. The monoisotopic (exact) mass is 369 g/mol. The first-order valence-corrected chi connectivity index (χ1v) is 8.81. The SMILES string of the molecule is COc1ccccc1CNc1nc(C)cc(C(=O)N2CCN(C=O)CC2)n1. The minimum Gasteiger partial charge on any atom is -0.496 e. The number of carbonyl (C=O) groups is 2. The van der Waals surface area contributed by atoms with Crippen LogP contribution in [-0.2, 0) is 11.3 Å². The fourth-order valence-corrected chi connectivity index (χ4v) is 2.97. The molecule has 0 bridgehead atoms. The van der Waals surface area contributed by atoms with Gasteiger partial charge in [-0.3, -0.25) is 9.59 Å². The molecule has 0 atom stereocenters. The molecule has 2 amide bonds. The van der Waals surface area contributed by atoms with Crippen LogP contribution in [-0.4, -0.2) is 65.4 Å². The highest BCUT2D eigenvalue weighted by Gasteiger charge is 2.23. The number of benzene rings is 1. The van der Waals surface area contributed by atoms with Crippen molar-refractivity contribution in [3.8, 4) is 5.75 Å². The molecule has 8 nitrogen and oxygen atoms in total. The average Bonchev–Trinajstić information content (AvgIpc) is 2.71. The summed E-state index contributed by atoms with van der Waals surface area (Å²) in [6, 6.07) is 9.38. The van der Waals surface area contributed by atoms with Crippen molar-refractivity contribution in [2.24, 2.45) is 0 Å². The molecule has 2 heterocycles. The minimum absolute atomic E-state index is 0.147. The number of ether oxygens (including phenoxy) is 1. The second kappa shape index (κ2) is 8.48. The Morgan fingerprint density at radius 2 is 1.96 bits per heavy atom. The summed E-state index contributed by atoms with van der Waals surface area (Å²) in [6.45, 7) is 4.40. The first-order chi connectivity index (χ1) is 13.1. The summed E-state index contributed by atoms with van der Waals surface area (Å²) in [5.41, 5.74) is 2.04. The summed E-state index contributed by atoms with van der Waals surface area (Å²) in [7, 11) is 1.63. The van der Waals surface area contributed by atoms with Gasteiger partial charge in [0, 0.05) is 44.0 Å². The number of methoxy groups -OCH3 is 1. The van der Waals surface area contributed by atoms with E-state index in [0.717, 1.165) is 17.7 Å². The molecular formula is C19H23N5O3. The molecule has 2 aromatic rings. The van der Waals surface area contributed by atoms with Gasteiger partial charge in [0.15, 0.2) is 0 Å². The number of piperazine rings is 1. The molecule has 3 rings (SSSR count). The molecule has 0 aliphatic carbocycles. The molecule has 1 aromatic carbocycles. The Bertz CT molecular complexity index is 819. The van der Waals surface area contributed by atoms with Gasteiger partial charge in [0.2, 0.25) is 12.4 Å². The van der Waals surface area contributed by atoms with E-state index in [1.165, 1.54) is 0 Å². The van der Waals surface area contributed by atoms with Crippen LogP contribution in [0.1, 0.15) is 21.7 Å². The molecule has 142 valence electrons. The third-order valence-electron chi connectivity index (χ3n) is 4.45. The summed E-state index contributed by atoms with van der Waals surface area (Å²) < 4.78 is 5.35. The number of para-hydroxylation sites is 1. The van der Waals surface area contributed by atoms with E-state index in [4.69, 9.17) is 4.74 Å². The molecule has 0 saturated carbocycles. The highest BCUT2D eigenvalue weighted by Crippen LogP contribution is 2.18. The van der Waals surface area contributed by atoms with Crippen LogP contribution in [0.3, 0.4) is 0 Å².